The lowest BCUT2D eigenvalue weighted by Gasteiger charge is -2.37. The number of aromatic nitrogens is 3. The second-order valence-corrected chi connectivity index (χ2v) is 10.6. The molecule has 0 unspecified atom stereocenters. The van der Waals surface area contributed by atoms with Gasteiger partial charge in [-0.15, -0.1) is 11.3 Å². The van der Waals surface area contributed by atoms with E-state index >= 15 is 0 Å². The van der Waals surface area contributed by atoms with Gasteiger partial charge in [0.1, 0.15) is 16.4 Å². The van der Waals surface area contributed by atoms with Crippen molar-refractivity contribution in [3.05, 3.63) is 28.3 Å². The van der Waals surface area contributed by atoms with Gasteiger partial charge in [-0.3, -0.25) is 9.59 Å². The van der Waals surface area contributed by atoms with Gasteiger partial charge in [-0.05, 0) is 45.2 Å². The molecule has 0 radical (unpaired) electrons. The summed E-state index contributed by atoms with van der Waals surface area (Å²) >= 11 is 1.36. The fourth-order valence-electron chi connectivity index (χ4n) is 4.46. The number of likely N-dealkylation sites (N-methyl/N-ethyl adjacent to an activating group) is 1. The zero-order valence-corrected chi connectivity index (χ0v) is 19.4. The smallest absolute Gasteiger partial charge is 0.244 e. The molecule has 1 fully saturated rings. The van der Waals surface area contributed by atoms with Crippen molar-refractivity contribution in [3.8, 4) is 10.6 Å². The Morgan fingerprint density at radius 1 is 1.31 bits per heavy atom. The van der Waals surface area contributed by atoms with Gasteiger partial charge >= 0.3 is 0 Å². The highest BCUT2D eigenvalue weighted by Crippen LogP contribution is 2.38. The molecular formula is C23H32N6O2S. The maximum Gasteiger partial charge on any atom is 0.244 e. The van der Waals surface area contributed by atoms with Crippen LogP contribution in [0, 0.1) is 0 Å². The van der Waals surface area contributed by atoms with Gasteiger partial charge in [-0.1, -0.05) is 20.8 Å². The number of hydrogen-bond donors (Lipinski definition) is 1. The van der Waals surface area contributed by atoms with Crippen LogP contribution >= 0.6 is 11.3 Å². The Kier molecular flexibility index (Phi) is 4.16. The number of rotatable bonds is 5. The molecule has 172 valence electrons. The van der Waals surface area contributed by atoms with Gasteiger partial charge in [0.05, 0.1) is 22.7 Å². The highest BCUT2D eigenvalue weighted by molar-refractivity contribution is 7.15. The predicted molar refractivity (Wildman–Crippen MR) is 124 cm³/mol. The Labute approximate surface area is 201 Å². The van der Waals surface area contributed by atoms with Crippen LogP contribution in [0.15, 0.2) is 6.20 Å². The Balaban J connectivity index is 1.62. The molecule has 2 amide bonds. The van der Waals surface area contributed by atoms with Crippen molar-refractivity contribution in [2.75, 3.05) is 27.0 Å². The van der Waals surface area contributed by atoms with E-state index < -0.39 is 37.8 Å². The van der Waals surface area contributed by atoms with Crippen molar-refractivity contribution < 1.29 is 17.8 Å². The van der Waals surface area contributed by atoms with Crippen molar-refractivity contribution in [2.24, 2.45) is 5.73 Å². The Bertz CT molecular complexity index is 1240. The molecule has 0 aromatic carbocycles. The average molecular weight is 463 g/mol. The van der Waals surface area contributed by atoms with Crippen molar-refractivity contribution in [3.63, 3.8) is 0 Å². The zero-order valence-electron chi connectivity index (χ0n) is 24.6. The van der Waals surface area contributed by atoms with Crippen LogP contribution in [0.3, 0.4) is 0 Å². The minimum Gasteiger partial charge on any atom is -0.368 e. The minimum atomic E-state index is -3.01. The van der Waals surface area contributed by atoms with Crippen molar-refractivity contribution >= 4 is 23.2 Å². The lowest BCUT2D eigenvalue weighted by molar-refractivity contribution is -0.143. The summed E-state index contributed by atoms with van der Waals surface area (Å²) in [7, 11) is 0. The lowest BCUT2D eigenvalue weighted by Crippen LogP contribution is -2.61. The molecule has 2 aromatic rings. The van der Waals surface area contributed by atoms with E-state index in [2.05, 4.69) is 9.97 Å². The number of thiazole rings is 1. The summed E-state index contributed by atoms with van der Waals surface area (Å²) in [5.74, 6) is -0.672. The van der Waals surface area contributed by atoms with Crippen LogP contribution < -0.4 is 5.73 Å². The summed E-state index contributed by atoms with van der Waals surface area (Å²) in [4.78, 5) is 42.7. The van der Waals surface area contributed by atoms with Gasteiger partial charge in [0.25, 0.3) is 0 Å². The maximum atomic E-state index is 13.5. The molecule has 0 bridgehead atoms. The van der Waals surface area contributed by atoms with E-state index in [-0.39, 0.29) is 24.8 Å². The number of primary amides is 1. The Morgan fingerprint density at radius 3 is 2.78 bits per heavy atom. The van der Waals surface area contributed by atoms with Crippen molar-refractivity contribution in [1.29, 1.82) is 0 Å². The number of amides is 2. The molecule has 2 aromatic heterocycles. The predicted octanol–water partition coefficient (Wildman–Crippen LogP) is 1.95. The molecule has 3 heterocycles. The van der Waals surface area contributed by atoms with E-state index in [0.29, 0.717) is 28.6 Å². The monoisotopic (exact) mass is 462 g/mol. The molecule has 2 N–H and O–H groups in total. The summed E-state index contributed by atoms with van der Waals surface area (Å²) in [6, 6.07) is 0. The summed E-state index contributed by atoms with van der Waals surface area (Å²) in [6.45, 7) is -0.467. The average Bonchev–Trinajstić information content (AvgIpc) is 3.39. The number of aryl methyl sites for hydroxylation is 2. The van der Waals surface area contributed by atoms with Crippen LogP contribution in [0.25, 0.3) is 10.6 Å². The summed E-state index contributed by atoms with van der Waals surface area (Å²) in [6.07, 6.45) is 3.61. The third kappa shape index (κ3) is 4.03. The molecule has 0 spiro atoms. The van der Waals surface area contributed by atoms with Gasteiger partial charge in [-0.25, -0.2) is 15.0 Å². The highest BCUT2D eigenvalue weighted by Gasteiger charge is 2.48. The van der Waals surface area contributed by atoms with Crippen LogP contribution in [0.4, 0.5) is 0 Å². The molecular weight excluding hydrogens is 424 g/mol. The number of carbonyl (C=O) groups excluding carboxylic acids is 2. The van der Waals surface area contributed by atoms with Gasteiger partial charge in [0, 0.05) is 32.9 Å². The zero-order chi connectivity index (χ0) is 28.3. The Morgan fingerprint density at radius 2 is 2.09 bits per heavy atom. The van der Waals surface area contributed by atoms with Crippen LogP contribution in [-0.4, -0.2) is 69.1 Å². The number of nitrogens with zero attached hydrogens (tertiary/aromatic N) is 5. The molecule has 1 aliphatic carbocycles. The van der Waals surface area contributed by atoms with Crippen molar-refractivity contribution in [1.82, 2.24) is 24.8 Å². The second kappa shape index (κ2) is 8.19. The molecule has 8 nitrogen and oxygen atoms in total. The number of likely N-dealkylation sites (tertiary alicyclic amines) is 1. The lowest BCUT2D eigenvalue weighted by atomic mass is 9.94. The first-order chi connectivity index (χ1) is 17.4. The first kappa shape index (κ1) is 16.3. The van der Waals surface area contributed by atoms with Gasteiger partial charge in [0.15, 0.2) is 0 Å². The minimum absolute atomic E-state index is 0.0744. The highest BCUT2D eigenvalue weighted by atomic mass is 32.1. The number of nitrogens with two attached hydrogens (primary N) is 1. The fraction of sp³-hybridized carbons (Fsp3) is 0.609. The fourth-order valence-corrected chi connectivity index (χ4v) is 5.58. The van der Waals surface area contributed by atoms with Crippen LogP contribution in [0.2, 0.25) is 0 Å². The molecule has 1 aliphatic heterocycles. The largest absolute Gasteiger partial charge is 0.368 e. The molecule has 32 heavy (non-hydrogen) atoms. The molecule has 0 saturated carbocycles. The summed E-state index contributed by atoms with van der Waals surface area (Å²) in [5.41, 5.74) is 6.42. The first-order valence-corrected chi connectivity index (χ1v) is 11.5. The molecule has 9 heteroatoms. The third-order valence-corrected chi connectivity index (χ3v) is 7.20. The maximum absolute atomic E-state index is 13.5. The topological polar surface area (TPSA) is 105 Å². The molecule has 4 rings (SSSR count). The van der Waals surface area contributed by atoms with E-state index in [9.17, 15) is 9.59 Å². The molecule has 2 aliphatic rings. The van der Waals surface area contributed by atoms with Crippen LogP contribution in [0.5, 0.6) is 0 Å². The first-order valence-electron chi connectivity index (χ1n) is 13.7. The van der Waals surface area contributed by atoms with E-state index in [1.54, 1.807) is 0 Å². The van der Waals surface area contributed by atoms with E-state index in [0.717, 1.165) is 28.2 Å². The SMILES string of the molecule is [2H]C([2H])([2H])N(C[C@@]1(C(N)=O)CCCN1C(=O)Cc1nc2c(s1)-c1nc(C(C)(C)C)ncc1CC2)C([2H])([2H])[2H]. The summed E-state index contributed by atoms with van der Waals surface area (Å²) < 4.78 is 46.2. The van der Waals surface area contributed by atoms with E-state index in [1.165, 1.54) is 16.2 Å². The number of hydrogen-bond acceptors (Lipinski definition) is 7. The third-order valence-electron chi connectivity index (χ3n) is 6.09. The molecule has 1 atom stereocenters. The van der Waals surface area contributed by atoms with E-state index in [1.807, 2.05) is 27.0 Å². The van der Waals surface area contributed by atoms with Gasteiger partial charge in [0.2, 0.25) is 11.8 Å². The number of fused-ring (bicyclic) bond motifs is 3. The van der Waals surface area contributed by atoms with Gasteiger partial charge in [-0.2, -0.15) is 0 Å². The van der Waals surface area contributed by atoms with Crippen molar-refractivity contribution in [2.45, 2.75) is 63.8 Å². The number of carbonyl (C=O) groups is 2. The normalized spacial score (nSPS) is 23.9. The summed E-state index contributed by atoms with van der Waals surface area (Å²) in [5, 5.41) is 0.539. The Hall–Kier alpha value is -2.39. The van der Waals surface area contributed by atoms with E-state index in [4.69, 9.17) is 18.9 Å². The molecule has 1 saturated heterocycles. The van der Waals surface area contributed by atoms with Gasteiger partial charge < -0.3 is 15.5 Å². The van der Waals surface area contributed by atoms with Crippen LogP contribution in [-0.2, 0) is 34.3 Å². The standard InChI is InChI=1S/C23H32N6O2S/c1-22(2,3)21-25-12-14-7-8-15-19(18(14)27-21)32-16(26-15)11-17(30)29-10-6-9-23(29,20(24)31)13-28(4)5/h12H,6-11,13H2,1-5H3,(H2,24,31)/t23-/m1/s1/i4D3,5D3. The second-order valence-electron chi connectivity index (χ2n) is 9.51. The van der Waals surface area contributed by atoms with Crippen LogP contribution in [0.1, 0.15) is 63.9 Å². The quantitative estimate of drug-likeness (QED) is 0.728.